The standard InChI is InChI=1S/C26H23FN8O2/c1-15-22(26(37)31-21-12-29-34(13-21)16(2)18-4-6-20(27)7-5-18)10-19(11-28-15)23-8-9-25-32-24(30-17(3)36)14-35(25)33-23/h4-14,16H,1-3H3,(H,30,36)(H,31,37). The number of carbonyl (C=O) groups is 2. The molecule has 0 fully saturated rings. The molecule has 0 bridgehead atoms. The van der Waals surface area contributed by atoms with Crippen LogP contribution < -0.4 is 10.6 Å². The smallest absolute Gasteiger partial charge is 0.257 e. The quantitative estimate of drug-likeness (QED) is 0.361. The molecule has 11 heteroatoms. The number of aryl methyl sites for hydroxylation is 1. The van der Waals surface area contributed by atoms with Gasteiger partial charge in [0.15, 0.2) is 11.5 Å². The Labute approximate surface area is 211 Å². The van der Waals surface area contributed by atoms with Crippen molar-refractivity contribution >= 4 is 29.0 Å². The highest BCUT2D eigenvalue weighted by atomic mass is 19.1. The summed E-state index contributed by atoms with van der Waals surface area (Å²) >= 11 is 0. The number of amides is 2. The SMILES string of the molecule is CC(=O)Nc1cn2nc(-c3cnc(C)c(C(=O)Nc4cnn(C(C)c5ccc(F)cc5)c4)c3)ccc2n1. The number of nitrogens with zero attached hydrogens (tertiary/aromatic N) is 6. The van der Waals surface area contributed by atoms with Crippen molar-refractivity contribution in [3.8, 4) is 11.3 Å². The number of nitrogens with one attached hydrogen (secondary N) is 2. The van der Waals surface area contributed by atoms with Crippen LogP contribution in [0.3, 0.4) is 0 Å². The van der Waals surface area contributed by atoms with E-state index in [-0.39, 0.29) is 23.7 Å². The molecule has 0 aliphatic heterocycles. The van der Waals surface area contributed by atoms with Gasteiger partial charge in [0.05, 0.1) is 41.1 Å². The van der Waals surface area contributed by atoms with Crippen molar-refractivity contribution < 1.29 is 14.0 Å². The van der Waals surface area contributed by atoms with E-state index < -0.39 is 0 Å². The van der Waals surface area contributed by atoms with E-state index in [2.05, 4.69) is 30.8 Å². The van der Waals surface area contributed by atoms with E-state index in [1.54, 1.807) is 71.2 Å². The zero-order chi connectivity index (χ0) is 26.1. The highest BCUT2D eigenvalue weighted by Crippen LogP contribution is 2.23. The molecule has 1 aromatic carbocycles. The lowest BCUT2D eigenvalue weighted by atomic mass is 10.1. The number of aromatic nitrogens is 6. The molecule has 0 spiro atoms. The minimum Gasteiger partial charge on any atom is -0.319 e. The topological polar surface area (TPSA) is 119 Å². The molecule has 0 radical (unpaired) electrons. The Morgan fingerprint density at radius 2 is 1.81 bits per heavy atom. The van der Waals surface area contributed by atoms with Crippen LogP contribution >= 0.6 is 0 Å². The summed E-state index contributed by atoms with van der Waals surface area (Å²) in [6, 6.07) is 11.3. The van der Waals surface area contributed by atoms with Gasteiger partial charge in [-0.1, -0.05) is 12.1 Å². The number of carbonyl (C=O) groups excluding carboxylic acids is 2. The molecule has 5 rings (SSSR count). The Kier molecular flexibility index (Phi) is 6.18. The molecule has 0 aliphatic rings. The van der Waals surface area contributed by atoms with Crippen LogP contribution in [0.25, 0.3) is 16.9 Å². The molecule has 1 atom stereocenters. The number of anilines is 2. The van der Waals surface area contributed by atoms with Crippen molar-refractivity contribution in [2.45, 2.75) is 26.8 Å². The molecule has 186 valence electrons. The Balaban J connectivity index is 1.36. The first kappa shape index (κ1) is 23.8. The molecule has 10 nitrogen and oxygen atoms in total. The molecular formula is C26H23FN8O2. The Bertz CT molecular complexity index is 1620. The maximum absolute atomic E-state index is 13.2. The van der Waals surface area contributed by atoms with E-state index in [4.69, 9.17) is 0 Å². The van der Waals surface area contributed by atoms with Gasteiger partial charge in [0, 0.05) is 24.9 Å². The summed E-state index contributed by atoms with van der Waals surface area (Å²) in [6.45, 7) is 5.10. The summed E-state index contributed by atoms with van der Waals surface area (Å²) in [5, 5.41) is 14.4. The van der Waals surface area contributed by atoms with Gasteiger partial charge in [-0.05, 0) is 49.7 Å². The van der Waals surface area contributed by atoms with Gasteiger partial charge < -0.3 is 10.6 Å². The minimum atomic E-state index is -0.336. The largest absolute Gasteiger partial charge is 0.319 e. The van der Waals surface area contributed by atoms with E-state index in [0.717, 1.165) is 5.56 Å². The van der Waals surface area contributed by atoms with Gasteiger partial charge in [-0.25, -0.2) is 13.9 Å². The van der Waals surface area contributed by atoms with Crippen LogP contribution in [0.5, 0.6) is 0 Å². The van der Waals surface area contributed by atoms with Crippen LogP contribution in [0.4, 0.5) is 15.9 Å². The second-order valence-corrected chi connectivity index (χ2v) is 8.58. The lowest BCUT2D eigenvalue weighted by molar-refractivity contribution is -0.114. The molecule has 1 unspecified atom stereocenters. The third-order valence-electron chi connectivity index (χ3n) is 5.86. The van der Waals surface area contributed by atoms with Gasteiger partial charge >= 0.3 is 0 Å². The number of rotatable bonds is 6. The summed E-state index contributed by atoms with van der Waals surface area (Å²) < 4.78 is 16.5. The molecule has 4 aromatic heterocycles. The molecule has 0 aliphatic carbocycles. The van der Waals surface area contributed by atoms with Crippen molar-refractivity contribution in [3.05, 3.63) is 89.9 Å². The van der Waals surface area contributed by atoms with Gasteiger partial charge in [0.25, 0.3) is 5.91 Å². The van der Waals surface area contributed by atoms with Gasteiger partial charge in [-0.3, -0.25) is 19.3 Å². The van der Waals surface area contributed by atoms with Crippen LogP contribution in [0.2, 0.25) is 0 Å². The molecule has 2 N–H and O–H groups in total. The third-order valence-corrected chi connectivity index (χ3v) is 5.86. The number of pyridine rings is 1. The second-order valence-electron chi connectivity index (χ2n) is 8.58. The van der Waals surface area contributed by atoms with Gasteiger partial charge in [0.1, 0.15) is 5.82 Å². The Hall–Kier alpha value is -4.93. The van der Waals surface area contributed by atoms with Gasteiger partial charge in [-0.2, -0.15) is 10.2 Å². The van der Waals surface area contributed by atoms with Crippen LogP contribution in [0, 0.1) is 12.7 Å². The van der Waals surface area contributed by atoms with E-state index in [1.165, 1.54) is 19.1 Å². The Morgan fingerprint density at radius 1 is 1.03 bits per heavy atom. The molecule has 5 aromatic rings. The highest BCUT2D eigenvalue weighted by Gasteiger charge is 2.16. The Morgan fingerprint density at radius 3 is 2.57 bits per heavy atom. The summed E-state index contributed by atoms with van der Waals surface area (Å²) in [5.74, 6) is -0.464. The monoisotopic (exact) mass is 498 g/mol. The minimum absolute atomic E-state index is 0.145. The average Bonchev–Trinajstić information content (AvgIpc) is 3.49. The van der Waals surface area contributed by atoms with Crippen molar-refractivity contribution in [2.24, 2.45) is 0 Å². The number of imidazole rings is 1. The van der Waals surface area contributed by atoms with E-state index in [0.29, 0.717) is 39.7 Å². The molecule has 4 heterocycles. The fourth-order valence-corrected chi connectivity index (χ4v) is 3.89. The van der Waals surface area contributed by atoms with Crippen molar-refractivity contribution in [3.63, 3.8) is 0 Å². The van der Waals surface area contributed by atoms with Crippen LogP contribution in [-0.2, 0) is 4.79 Å². The number of halogens is 1. The second kappa shape index (κ2) is 9.61. The lowest BCUT2D eigenvalue weighted by Gasteiger charge is -2.12. The summed E-state index contributed by atoms with van der Waals surface area (Å²) in [7, 11) is 0. The third kappa shape index (κ3) is 5.06. The van der Waals surface area contributed by atoms with Gasteiger partial charge in [0.2, 0.25) is 5.91 Å². The summed E-state index contributed by atoms with van der Waals surface area (Å²) in [4.78, 5) is 33.1. The highest BCUT2D eigenvalue weighted by molar-refractivity contribution is 6.05. The molecule has 2 amide bonds. The van der Waals surface area contributed by atoms with E-state index >= 15 is 0 Å². The number of fused-ring (bicyclic) bond motifs is 1. The zero-order valence-electron chi connectivity index (χ0n) is 20.3. The van der Waals surface area contributed by atoms with Crippen LogP contribution in [0.15, 0.2) is 67.3 Å². The van der Waals surface area contributed by atoms with Crippen LogP contribution in [-0.4, -0.2) is 41.2 Å². The van der Waals surface area contributed by atoms with Gasteiger partial charge in [-0.15, -0.1) is 0 Å². The fourth-order valence-electron chi connectivity index (χ4n) is 3.89. The molecule has 37 heavy (non-hydrogen) atoms. The van der Waals surface area contributed by atoms with Crippen molar-refractivity contribution in [2.75, 3.05) is 10.6 Å². The first-order chi connectivity index (χ1) is 17.8. The normalized spacial score (nSPS) is 11.9. The predicted octanol–water partition coefficient (Wildman–Crippen LogP) is 4.26. The zero-order valence-corrected chi connectivity index (χ0v) is 20.3. The predicted molar refractivity (Wildman–Crippen MR) is 136 cm³/mol. The number of benzene rings is 1. The number of hydrogen-bond donors (Lipinski definition) is 2. The lowest BCUT2D eigenvalue weighted by Crippen LogP contribution is -2.14. The van der Waals surface area contributed by atoms with Crippen molar-refractivity contribution in [1.82, 2.24) is 29.4 Å². The molecular weight excluding hydrogens is 475 g/mol. The van der Waals surface area contributed by atoms with Crippen molar-refractivity contribution in [1.29, 1.82) is 0 Å². The summed E-state index contributed by atoms with van der Waals surface area (Å²) in [5.41, 5.74) is 4.16. The molecule has 0 saturated carbocycles. The maximum Gasteiger partial charge on any atom is 0.257 e. The maximum atomic E-state index is 13.2. The molecule has 0 saturated heterocycles. The number of hydrogen-bond acceptors (Lipinski definition) is 6. The van der Waals surface area contributed by atoms with Crippen LogP contribution in [0.1, 0.15) is 41.5 Å². The fraction of sp³-hybridized carbons (Fsp3) is 0.154. The van der Waals surface area contributed by atoms with E-state index in [9.17, 15) is 14.0 Å². The summed E-state index contributed by atoms with van der Waals surface area (Å²) in [6.07, 6.45) is 6.54. The first-order valence-corrected chi connectivity index (χ1v) is 11.5. The first-order valence-electron chi connectivity index (χ1n) is 11.5. The van der Waals surface area contributed by atoms with E-state index in [1.807, 2.05) is 6.92 Å². The average molecular weight is 499 g/mol.